The summed E-state index contributed by atoms with van der Waals surface area (Å²) in [5, 5.41) is 2.82. The number of amides is 1. The Bertz CT molecular complexity index is 1320. The minimum absolute atomic E-state index is 0.165. The molecule has 33 heavy (non-hydrogen) atoms. The second kappa shape index (κ2) is 9.71. The molecule has 0 radical (unpaired) electrons. The number of rotatable bonds is 7. The van der Waals surface area contributed by atoms with Crippen LogP contribution in [0.1, 0.15) is 17.3 Å². The number of hydrogen-bond donors (Lipinski definition) is 1. The Morgan fingerprint density at radius 2 is 1.27 bits per heavy atom. The van der Waals surface area contributed by atoms with E-state index in [2.05, 4.69) is 5.32 Å². The molecule has 0 bridgehead atoms. The third kappa shape index (κ3) is 4.96. The Labute approximate surface area is 194 Å². The third-order valence-electron chi connectivity index (χ3n) is 5.29. The molecule has 0 aliphatic heterocycles. The normalized spacial score (nSPS) is 11.1. The maximum atomic E-state index is 13.1. The van der Waals surface area contributed by atoms with Gasteiger partial charge in [-0.25, -0.2) is 8.42 Å². The summed E-state index contributed by atoms with van der Waals surface area (Å²) in [6.07, 6.45) is 0. The Morgan fingerprint density at radius 3 is 1.85 bits per heavy atom. The van der Waals surface area contributed by atoms with Crippen LogP contribution in [0.3, 0.4) is 0 Å². The van der Waals surface area contributed by atoms with E-state index >= 15 is 0 Å². The van der Waals surface area contributed by atoms with Gasteiger partial charge in [-0.15, -0.1) is 0 Å². The summed E-state index contributed by atoms with van der Waals surface area (Å²) in [6, 6.07) is 32.5. The van der Waals surface area contributed by atoms with Gasteiger partial charge in [-0.05, 0) is 66.6 Å². The van der Waals surface area contributed by atoms with Crippen molar-refractivity contribution < 1.29 is 13.2 Å². The molecule has 0 aliphatic rings. The highest BCUT2D eigenvalue weighted by atomic mass is 32.2. The molecular weight excluding hydrogens is 432 g/mol. The van der Waals surface area contributed by atoms with Crippen LogP contribution in [0.2, 0.25) is 0 Å². The van der Waals surface area contributed by atoms with Crippen molar-refractivity contribution in [3.05, 3.63) is 115 Å². The van der Waals surface area contributed by atoms with Crippen LogP contribution < -0.4 is 9.62 Å². The molecule has 0 atom stereocenters. The number of para-hydroxylation sites is 1. The SMILES string of the molecule is CCN(c1ccccc1)S(=O)(=O)c1ccc(NC(=O)c2ccc(-c3ccccc3)cc2)cc1. The molecule has 0 heterocycles. The molecule has 0 saturated carbocycles. The predicted molar refractivity (Wildman–Crippen MR) is 133 cm³/mol. The zero-order chi connectivity index (χ0) is 23.3. The monoisotopic (exact) mass is 456 g/mol. The Kier molecular flexibility index (Phi) is 6.56. The minimum Gasteiger partial charge on any atom is -0.322 e. The van der Waals surface area contributed by atoms with Gasteiger partial charge in [-0.2, -0.15) is 0 Å². The molecule has 0 spiro atoms. The van der Waals surface area contributed by atoms with E-state index in [1.807, 2.05) is 48.5 Å². The van der Waals surface area contributed by atoms with Crippen LogP contribution in [0.5, 0.6) is 0 Å². The first-order valence-corrected chi connectivity index (χ1v) is 12.1. The van der Waals surface area contributed by atoms with Gasteiger partial charge in [0.1, 0.15) is 0 Å². The van der Waals surface area contributed by atoms with Crippen molar-refractivity contribution in [2.24, 2.45) is 0 Å². The Hall–Kier alpha value is -3.90. The molecule has 4 rings (SSSR count). The molecular formula is C27H24N2O3S. The molecule has 4 aromatic rings. The van der Waals surface area contributed by atoms with Crippen molar-refractivity contribution in [1.29, 1.82) is 0 Å². The fourth-order valence-electron chi connectivity index (χ4n) is 3.57. The van der Waals surface area contributed by atoms with E-state index < -0.39 is 10.0 Å². The van der Waals surface area contributed by atoms with Crippen LogP contribution in [0, 0.1) is 0 Å². The van der Waals surface area contributed by atoms with Gasteiger partial charge in [0, 0.05) is 17.8 Å². The summed E-state index contributed by atoms with van der Waals surface area (Å²) in [7, 11) is -3.71. The fraction of sp³-hybridized carbons (Fsp3) is 0.0741. The molecule has 5 nitrogen and oxygen atoms in total. The fourth-order valence-corrected chi connectivity index (χ4v) is 5.04. The standard InChI is InChI=1S/C27H24N2O3S/c1-2-29(25-11-7-4-8-12-25)33(31,32)26-19-17-24(18-20-26)28-27(30)23-15-13-22(14-16-23)21-9-5-3-6-10-21/h3-20H,2H2,1H3,(H,28,30). The number of nitrogens with zero attached hydrogens (tertiary/aromatic N) is 1. The lowest BCUT2D eigenvalue weighted by Crippen LogP contribution is -2.30. The second-order valence-corrected chi connectivity index (χ2v) is 9.29. The van der Waals surface area contributed by atoms with Crippen molar-refractivity contribution in [3.63, 3.8) is 0 Å². The number of benzene rings is 4. The van der Waals surface area contributed by atoms with Gasteiger partial charge in [-0.3, -0.25) is 9.10 Å². The van der Waals surface area contributed by atoms with Gasteiger partial charge in [0.15, 0.2) is 0 Å². The van der Waals surface area contributed by atoms with E-state index in [0.717, 1.165) is 11.1 Å². The summed E-state index contributed by atoms with van der Waals surface area (Å²) in [6.45, 7) is 2.10. The van der Waals surface area contributed by atoms with Gasteiger partial charge in [0.2, 0.25) is 0 Å². The van der Waals surface area contributed by atoms with E-state index in [0.29, 0.717) is 23.5 Å². The zero-order valence-corrected chi connectivity index (χ0v) is 19.0. The summed E-state index contributed by atoms with van der Waals surface area (Å²) in [5.74, 6) is -0.260. The van der Waals surface area contributed by atoms with Crippen LogP contribution in [0.4, 0.5) is 11.4 Å². The first-order valence-electron chi connectivity index (χ1n) is 10.6. The van der Waals surface area contributed by atoms with Crippen molar-refractivity contribution in [2.75, 3.05) is 16.2 Å². The van der Waals surface area contributed by atoms with E-state index in [-0.39, 0.29) is 10.8 Å². The number of carbonyl (C=O) groups excluding carboxylic acids is 1. The molecule has 6 heteroatoms. The van der Waals surface area contributed by atoms with Crippen LogP contribution in [-0.4, -0.2) is 20.9 Å². The summed E-state index contributed by atoms with van der Waals surface area (Å²) < 4.78 is 27.6. The number of nitrogens with one attached hydrogen (secondary N) is 1. The lowest BCUT2D eigenvalue weighted by molar-refractivity contribution is 0.102. The molecule has 0 aliphatic carbocycles. The smallest absolute Gasteiger partial charge is 0.264 e. The van der Waals surface area contributed by atoms with E-state index in [9.17, 15) is 13.2 Å². The van der Waals surface area contributed by atoms with E-state index in [1.54, 1.807) is 55.5 Å². The van der Waals surface area contributed by atoms with Crippen molar-refractivity contribution in [2.45, 2.75) is 11.8 Å². The molecule has 0 fully saturated rings. The van der Waals surface area contributed by atoms with Gasteiger partial charge >= 0.3 is 0 Å². The van der Waals surface area contributed by atoms with Crippen LogP contribution in [0.15, 0.2) is 114 Å². The maximum Gasteiger partial charge on any atom is 0.264 e. The van der Waals surface area contributed by atoms with Crippen LogP contribution >= 0.6 is 0 Å². The maximum absolute atomic E-state index is 13.1. The average Bonchev–Trinajstić information content (AvgIpc) is 2.86. The van der Waals surface area contributed by atoms with Crippen LogP contribution in [0.25, 0.3) is 11.1 Å². The van der Waals surface area contributed by atoms with Crippen molar-refractivity contribution in [3.8, 4) is 11.1 Å². The first kappa shape index (κ1) is 22.3. The number of carbonyl (C=O) groups is 1. The lowest BCUT2D eigenvalue weighted by atomic mass is 10.0. The van der Waals surface area contributed by atoms with Crippen molar-refractivity contribution >= 4 is 27.3 Å². The minimum atomic E-state index is -3.71. The number of hydrogen-bond acceptors (Lipinski definition) is 3. The molecule has 166 valence electrons. The highest BCUT2D eigenvalue weighted by Crippen LogP contribution is 2.25. The molecule has 0 unspecified atom stereocenters. The summed E-state index contributed by atoms with van der Waals surface area (Å²) >= 11 is 0. The van der Waals surface area contributed by atoms with E-state index in [4.69, 9.17) is 0 Å². The van der Waals surface area contributed by atoms with E-state index in [1.165, 1.54) is 16.4 Å². The number of sulfonamides is 1. The summed E-state index contributed by atoms with van der Waals surface area (Å²) in [5.41, 5.74) is 3.76. The zero-order valence-electron chi connectivity index (χ0n) is 18.2. The predicted octanol–water partition coefficient (Wildman–Crippen LogP) is 5.82. The van der Waals surface area contributed by atoms with Gasteiger partial charge in [-0.1, -0.05) is 60.7 Å². The molecule has 1 N–H and O–H groups in total. The highest BCUT2D eigenvalue weighted by Gasteiger charge is 2.23. The average molecular weight is 457 g/mol. The van der Waals surface area contributed by atoms with Crippen LogP contribution in [-0.2, 0) is 10.0 Å². The molecule has 4 aromatic carbocycles. The Balaban J connectivity index is 1.47. The topological polar surface area (TPSA) is 66.5 Å². The first-order chi connectivity index (χ1) is 16.0. The highest BCUT2D eigenvalue weighted by molar-refractivity contribution is 7.92. The van der Waals surface area contributed by atoms with Gasteiger partial charge < -0.3 is 5.32 Å². The Morgan fingerprint density at radius 1 is 0.727 bits per heavy atom. The largest absolute Gasteiger partial charge is 0.322 e. The van der Waals surface area contributed by atoms with Gasteiger partial charge in [0.05, 0.1) is 10.6 Å². The van der Waals surface area contributed by atoms with Gasteiger partial charge in [0.25, 0.3) is 15.9 Å². The quantitative estimate of drug-likeness (QED) is 0.381. The third-order valence-corrected chi connectivity index (χ3v) is 7.20. The summed E-state index contributed by atoms with van der Waals surface area (Å²) in [4.78, 5) is 12.8. The molecule has 0 saturated heterocycles. The van der Waals surface area contributed by atoms with Crippen molar-refractivity contribution in [1.82, 2.24) is 0 Å². The molecule has 1 amide bonds. The molecule has 0 aromatic heterocycles. The second-order valence-electron chi connectivity index (χ2n) is 7.43. The lowest BCUT2D eigenvalue weighted by Gasteiger charge is -2.23. The number of anilines is 2.